The summed E-state index contributed by atoms with van der Waals surface area (Å²) < 4.78 is 0. The van der Waals surface area contributed by atoms with Gasteiger partial charge in [0.05, 0.1) is 16.6 Å². The Bertz CT molecular complexity index is 531. The second-order valence-corrected chi connectivity index (χ2v) is 2.78. The number of nitrogens with zero attached hydrogens (tertiary/aromatic N) is 4. The molecule has 1 aliphatic heterocycles. The first-order valence-corrected chi connectivity index (χ1v) is 3.82. The summed E-state index contributed by atoms with van der Waals surface area (Å²) in [7, 11) is 0. The van der Waals surface area contributed by atoms with E-state index in [1.165, 1.54) is 0 Å². The van der Waals surface area contributed by atoms with Gasteiger partial charge < -0.3 is 5.73 Å². The van der Waals surface area contributed by atoms with Crippen molar-refractivity contribution >= 4 is 28.4 Å². The summed E-state index contributed by atoms with van der Waals surface area (Å²) >= 11 is 0. The van der Waals surface area contributed by atoms with Crippen LogP contribution in [0.15, 0.2) is 28.4 Å². The Kier molecular flexibility index (Phi) is 0.999. The quantitative estimate of drug-likeness (QED) is 0.561. The van der Waals surface area contributed by atoms with E-state index in [1.807, 2.05) is 18.2 Å². The number of benzene rings is 1. The molecule has 0 radical (unpaired) electrons. The Morgan fingerprint density at radius 3 is 2.92 bits per heavy atom. The third-order valence-corrected chi connectivity index (χ3v) is 1.95. The summed E-state index contributed by atoms with van der Waals surface area (Å²) in [6.07, 6.45) is 0. The predicted octanol–water partition coefficient (Wildman–Crippen LogP) is 1.94. The molecule has 0 spiro atoms. The van der Waals surface area contributed by atoms with Crippen LogP contribution >= 0.6 is 0 Å². The number of hydrogen-bond acceptors (Lipinski definition) is 5. The van der Waals surface area contributed by atoms with Gasteiger partial charge >= 0.3 is 0 Å². The Morgan fingerprint density at radius 2 is 2.00 bits per heavy atom. The first-order valence-electron chi connectivity index (χ1n) is 3.82. The van der Waals surface area contributed by atoms with Gasteiger partial charge in [0, 0.05) is 0 Å². The molecular weight excluding hydrogens is 166 g/mol. The van der Waals surface area contributed by atoms with E-state index in [1.54, 1.807) is 0 Å². The van der Waals surface area contributed by atoms with Gasteiger partial charge in [-0.3, -0.25) is 0 Å². The third kappa shape index (κ3) is 0.752. The number of rotatable bonds is 0. The Morgan fingerprint density at radius 1 is 1.08 bits per heavy atom. The average molecular weight is 171 g/mol. The largest absolute Gasteiger partial charge is 0.368 e. The van der Waals surface area contributed by atoms with E-state index in [4.69, 9.17) is 5.73 Å². The first kappa shape index (κ1) is 6.47. The van der Waals surface area contributed by atoms with E-state index in [2.05, 4.69) is 20.2 Å². The summed E-state index contributed by atoms with van der Waals surface area (Å²) in [5, 5.41) is 8.74. The molecule has 1 aromatic heterocycles. The lowest BCUT2D eigenvalue weighted by Crippen LogP contribution is -1.93. The molecule has 0 fully saturated rings. The number of hydrogen-bond donors (Lipinski definition) is 1. The van der Waals surface area contributed by atoms with Crippen molar-refractivity contribution in [3.8, 4) is 0 Å². The number of anilines is 1. The molecule has 0 amide bonds. The van der Waals surface area contributed by atoms with Gasteiger partial charge in [0.2, 0.25) is 5.95 Å². The van der Waals surface area contributed by atoms with Crippen LogP contribution in [0.4, 0.5) is 17.5 Å². The summed E-state index contributed by atoms with van der Waals surface area (Å²) in [5.74, 6) is 0.804. The Labute approximate surface area is 73.3 Å². The second-order valence-electron chi connectivity index (χ2n) is 2.78. The fraction of sp³-hybridized carbons (Fsp3) is 0. The normalized spacial score (nSPS) is 12.6. The molecule has 2 heterocycles. The highest BCUT2D eigenvalue weighted by molar-refractivity contribution is 5.99. The second kappa shape index (κ2) is 2.01. The zero-order valence-electron chi connectivity index (χ0n) is 6.60. The minimum absolute atomic E-state index is 0.237. The first-order chi connectivity index (χ1) is 6.34. The van der Waals surface area contributed by atoms with E-state index in [0.29, 0.717) is 5.82 Å². The van der Waals surface area contributed by atoms with E-state index in [0.717, 1.165) is 16.6 Å². The smallest absolute Gasteiger partial charge is 0.222 e. The van der Waals surface area contributed by atoms with Crippen molar-refractivity contribution in [1.29, 1.82) is 0 Å². The predicted molar refractivity (Wildman–Crippen MR) is 48.1 cm³/mol. The molecule has 0 atom stereocenters. The minimum Gasteiger partial charge on any atom is -0.368 e. The summed E-state index contributed by atoms with van der Waals surface area (Å²) in [6, 6.07) is 5.62. The Hall–Kier alpha value is -2.04. The fourth-order valence-electron chi connectivity index (χ4n) is 1.42. The molecule has 0 aliphatic carbocycles. The van der Waals surface area contributed by atoms with Gasteiger partial charge in [-0.25, -0.2) is 4.98 Å². The highest BCUT2D eigenvalue weighted by Gasteiger charge is 2.14. The lowest BCUT2D eigenvalue weighted by atomic mass is 10.2. The van der Waals surface area contributed by atoms with Gasteiger partial charge in [0.25, 0.3) is 0 Å². The third-order valence-electron chi connectivity index (χ3n) is 1.95. The molecule has 62 valence electrons. The average Bonchev–Trinajstić information content (AvgIpc) is 2.50. The van der Waals surface area contributed by atoms with Crippen LogP contribution in [-0.4, -0.2) is 9.97 Å². The van der Waals surface area contributed by atoms with Gasteiger partial charge in [-0.1, -0.05) is 6.07 Å². The highest BCUT2D eigenvalue weighted by atomic mass is 15.2. The standard InChI is InChI=1S/C8H5N5/c9-8-10-4-2-1-3-5-6(4)7(11-8)13-12-5/h1-3H,(H2,9,10,11). The monoisotopic (exact) mass is 171 g/mol. The van der Waals surface area contributed by atoms with Gasteiger partial charge in [-0.2, -0.15) is 4.98 Å². The number of azo groups is 1. The molecule has 2 N–H and O–H groups in total. The molecule has 0 unspecified atom stereocenters. The van der Waals surface area contributed by atoms with Gasteiger partial charge in [0.1, 0.15) is 0 Å². The van der Waals surface area contributed by atoms with Crippen molar-refractivity contribution in [3.63, 3.8) is 0 Å². The maximum Gasteiger partial charge on any atom is 0.222 e. The van der Waals surface area contributed by atoms with E-state index < -0.39 is 0 Å². The SMILES string of the molecule is Nc1nc2c3c(cccc3n1)N=N2. The maximum atomic E-state index is 5.50. The zero-order chi connectivity index (χ0) is 8.84. The van der Waals surface area contributed by atoms with Crippen LogP contribution in [-0.2, 0) is 0 Å². The van der Waals surface area contributed by atoms with Crippen molar-refractivity contribution < 1.29 is 0 Å². The molecule has 3 rings (SSSR count). The fourth-order valence-corrected chi connectivity index (χ4v) is 1.42. The number of nitrogens with two attached hydrogens (primary N) is 1. The van der Waals surface area contributed by atoms with E-state index in [9.17, 15) is 0 Å². The lowest BCUT2D eigenvalue weighted by molar-refractivity contribution is 1.18. The molecule has 13 heavy (non-hydrogen) atoms. The van der Waals surface area contributed by atoms with Crippen molar-refractivity contribution in [2.75, 3.05) is 5.73 Å². The summed E-state index contributed by atoms with van der Waals surface area (Å²) in [4.78, 5) is 8.06. The summed E-state index contributed by atoms with van der Waals surface area (Å²) in [6.45, 7) is 0. The molecule has 2 aromatic rings. The van der Waals surface area contributed by atoms with Gasteiger partial charge in [-0.05, 0) is 12.1 Å². The highest BCUT2D eigenvalue weighted by Crippen LogP contribution is 2.38. The molecule has 5 heteroatoms. The van der Waals surface area contributed by atoms with E-state index in [-0.39, 0.29) is 5.95 Å². The lowest BCUT2D eigenvalue weighted by Gasteiger charge is -1.97. The molecule has 5 nitrogen and oxygen atoms in total. The van der Waals surface area contributed by atoms with Crippen molar-refractivity contribution in [2.24, 2.45) is 10.2 Å². The molecule has 1 aromatic carbocycles. The molecule has 0 saturated carbocycles. The van der Waals surface area contributed by atoms with Crippen molar-refractivity contribution in [2.45, 2.75) is 0 Å². The maximum absolute atomic E-state index is 5.50. The number of nitrogen functional groups attached to an aromatic ring is 1. The van der Waals surface area contributed by atoms with Crippen LogP contribution in [0.2, 0.25) is 0 Å². The van der Waals surface area contributed by atoms with Crippen molar-refractivity contribution in [3.05, 3.63) is 18.2 Å². The van der Waals surface area contributed by atoms with Crippen LogP contribution in [0.5, 0.6) is 0 Å². The Balaban J connectivity index is 2.59. The summed E-state index contributed by atoms with van der Waals surface area (Å²) in [5.41, 5.74) is 7.11. The minimum atomic E-state index is 0.237. The molecule has 0 saturated heterocycles. The topological polar surface area (TPSA) is 76.5 Å². The number of aromatic nitrogens is 2. The van der Waals surface area contributed by atoms with Crippen LogP contribution in [0.3, 0.4) is 0 Å². The van der Waals surface area contributed by atoms with Crippen LogP contribution in [0, 0.1) is 0 Å². The molecule has 1 aliphatic rings. The van der Waals surface area contributed by atoms with Gasteiger partial charge in [-0.15, -0.1) is 10.2 Å². The van der Waals surface area contributed by atoms with Crippen LogP contribution in [0.1, 0.15) is 0 Å². The van der Waals surface area contributed by atoms with Crippen LogP contribution < -0.4 is 5.73 Å². The molecule has 0 bridgehead atoms. The molecular formula is C8H5N5. The van der Waals surface area contributed by atoms with Gasteiger partial charge in [0.15, 0.2) is 5.82 Å². The van der Waals surface area contributed by atoms with Crippen molar-refractivity contribution in [1.82, 2.24) is 9.97 Å². The zero-order valence-corrected chi connectivity index (χ0v) is 6.60. The van der Waals surface area contributed by atoms with Crippen LogP contribution in [0.25, 0.3) is 10.9 Å². The van der Waals surface area contributed by atoms with E-state index >= 15 is 0 Å².